The van der Waals surface area contributed by atoms with Gasteiger partial charge in [-0.2, -0.15) is 23.5 Å². The topological polar surface area (TPSA) is 71.2 Å². The highest BCUT2D eigenvalue weighted by atomic mass is 19.4. The molecule has 6 nitrogen and oxygen atoms in total. The van der Waals surface area contributed by atoms with E-state index in [0.29, 0.717) is 35.5 Å². The van der Waals surface area contributed by atoms with E-state index in [-0.39, 0.29) is 17.8 Å². The Morgan fingerprint density at radius 2 is 1.62 bits per heavy atom. The highest BCUT2D eigenvalue weighted by molar-refractivity contribution is 6.08. The molecular weight excluding hydrogens is 445 g/mol. The zero-order chi connectivity index (χ0) is 24.7. The van der Waals surface area contributed by atoms with Gasteiger partial charge in [0.25, 0.3) is 5.91 Å². The molecule has 9 heteroatoms. The van der Waals surface area contributed by atoms with E-state index in [1.54, 1.807) is 48.5 Å². The standard InChI is InChI=1S/C23H17F3N4O2.C2H6/c1-32-17-8-6-16(7-9-17)30-19-18(20(28-30)23(24,25)26)22(10-11-22)13-29(21(19)31)15-4-2-14(12-27)3-5-15;1-2/h2-9H,10-11,13H2,1H3;1-2H3. The molecule has 0 saturated heterocycles. The number of benzene rings is 2. The number of alkyl halides is 3. The maximum Gasteiger partial charge on any atom is 0.435 e. The number of rotatable bonds is 3. The number of methoxy groups -OCH3 is 1. The number of nitrogens with zero attached hydrogens (tertiary/aromatic N) is 4. The largest absolute Gasteiger partial charge is 0.497 e. The number of aromatic nitrogens is 2. The van der Waals surface area contributed by atoms with Gasteiger partial charge in [0.15, 0.2) is 5.69 Å². The van der Waals surface area contributed by atoms with Crippen molar-refractivity contribution in [2.75, 3.05) is 18.6 Å². The lowest BCUT2D eigenvalue weighted by molar-refractivity contribution is -0.142. The van der Waals surface area contributed by atoms with Crippen molar-refractivity contribution in [2.45, 2.75) is 38.3 Å². The minimum atomic E-state index is -4.69. The average molecular weight is 468 g/mol. The molecule has 0 atom stereocenters. The van der Waals surface area contributed by atoms with E-state index < -0.39 is 23.2 Å². The van der Waals surface area contributed by atoms with Crippen molar-refractivity contribution in [3.8, 4) is 17.5 Å². The monoisotopic (exact) mass is 468 g/mol. The van der Waals surface area contributed by atoms with Crippen LogP contribution in [0.25, 0.3) is 5.69 Å². The number of carbonyl (C=O) groups is 1. The summed E-state index contributed by atoms with van der Waals surface area (Å²) in [5.41, 5.74) is -0.583. The minimum Gasteiger partial charge on any atom is -0.497 e. The van der Waals surface area contributed by atoms with Crippen LogP contribution in [0, 0.1) is 11.3 Å². The first-order chi connectivity index (χ1) is 16.3. The van der Waals surface area contributed by atoms with Crippen LogP contribution >= 0.6 is 0 Å². The molecule has 1 amide bonds. The van der Waals surface area contributed by atoms with Crippen molar-refractivity contribution in [2.24, 2.45) is 0 Å². The Hall–Kier alpha value is -3.80. The Bertz CT molecular complexity index is 1250. The van der Waals surface area contributed by atoms with Crippen molar-refractivity contribution >= 4 is 11.6 Å². The Morgan fingerprint density at radius 3 is 2.12 bits per heavy atom. The summed E-state index contributed by atoms with van der Waals surface area (Å²) in [5, 5.41) is 12.9. The van der Waals surface area contributed by atoms with E-state index in [1.165, 1.54) is 12.0 Å². The molecule has 1 aromatic heterocycles. The normalized spacial score (nSPS) is 15.8. The molecule has 2 aromatic carbocycles. The molecular formula is C25H23F3N4O2. The van der Waals surface area contributed by atoms with Gasteiger partial charge in [-0.1, -0.05) is 13.8 Å². The molecule has 1 spiro atoms. The maximum absolute atomic E-state index is 14.0. The molecule has 0 unspecified atom stereocenters. The number of fused-ring (bicyclic) bond motifs is 2. The van der Waals surface area contributed by atoms with Crippen LogP contribution in [0.5, 0.6) is 5.75 Å². The fourth-order valence-corrected chi connectivity index (χ4v) is 4.29. The summed E-state index contributed by atoms with van der Waals surface area (Å²) in [6.45, 7) is 4.14. The van der Waals surface area contributed by atoms with Gasteiger partial charge in [0.2, 0.25) is 0 Å². The van der Waals surface area contributed by atoms with E-state index in [9.17, 15) is 18.0 Å². The summed E-state index contributed by atoms with van der Waals surface area (Å²) in [7, 11) is 1.49. The zero-order valence-electron chi connectivity index (χ0n) is 19.0. The molecule has 34 heavy (non-hydrogen) atoms. The fourth-order valence-electron chi connectivity index (χ4n) is 4.29. The molecule has 2 aliphatic rings. The lowest BCUT2D eigenvalue weighted by Gasteiger charge is -2.33. The molecule has 0 N–H and O–H groups in total. The van der Waals surface area contributed by atoms with Crippen LogP contribution in [0.4, 0.5) is 18.9 Å². The lowest BCUT2D eigenvalue weighted by Crippen LogP contribution is -2.44. The van der Waals surface area contributed by atoms with Crippen molar-refractivity contribution in [1.82, 2.24) is 9.78 Å². The number of amides is 1. The molecule has 1 fully saturated rings. The Morgan fingerprint density at radius 1 is 1.03 bits per heavy atom. The Balaban J connectivity index is 0.00000133. The number of anilines is 1. The van der Waals surface area contributed by atoms with E-state index in [2.05, 4.69) is 5.10 Å². The van der Waals surface area contributed by atoms with Crippen LogP contribution < -0.4 is 9.64 Å². The minimum absolute atomic E-state index is 0.0179. The van der Waals surface area contributed by atoms with Crippen molar-refractivity contribution in [1.29, 1.82) is 5.26 Å². The number of carbonyl (C=O) groups excluding carboxylic acids is 1. The summed E-state index contributed by atoms with van der Waals surface area (Å²) in [6, 6.07) is 14.8. The lowest BCUT2D eigenvalue weighted by atomic mass is 9.88. The summed E-state index contributed by atoms with van der Waals surface area (Å²) >= 11 is 0. The van der Waals surface area contributed by atoms with Crippen molar-refractivity contribution < 1.29 is 22.7 Å². The van der Waals surface area contributed by atoms with E-state index >= 15 is 0 Å². The van der Waals surface area contributed by atoms with Crippen LogP contribution in [0.15, 0.2) is 48.5 Å². The van der Waals surface area contributed by atoms with Gasteiger partial charge >= 0.3 is 6.18 Å². The van der Waals surface area contributed by atoms with Gasteiger partial charge in [-0.3, -0.25) is 4.79 Å². The van der Waals surface area contributed by atoms with Crippen molar-refractivity contribution in [3.63, 3.8) is 0 Å². The van der Waals surface area contributed by atoms with Crippen LogP contribution in [0.1, 0.15) is 54.0 Å². The molecule has 1 aliphatic carbocycles. The third kappa shape index (κ3) is 3.79. The van der Waals surface area contributed by atoms with Crippen LogP contribution in [-0.4, -0.2) is 29.3 Å². The predicted molar refractivity (Wildman–Crippen MR) is 120 cm³/mol. The first-order valence-corrected chi connectivity index (χ1v) is 10.9. The second-order valence-corrected chi connectivity index (χ2v) is 8.01. The second kappa shape index (κ2) is 8.52. The Labute approximate surface area is 195 Å². The summed E-state index contributed by atoms with van der Waals surface area (Å²) in [5.74, 6) is -0.0175. The molecule has 176 valence electrons. The number of ether oxygens (including phenoxy) is 1. The molecule has 0 bridgehead atoms. The molecule has 3 aromatic rings. The van der Waals surface area contributed by atoms with Crippen LogP contribution in [0.3, 0.4) is 0 Å². The quantitative estimate of drug-likeness (QED) is 0.510. The van der Waals surface area contributed by atoms with Gasteiger partial charge in [0.1, 0.15) is 11.4 Å². The highest BCUT2D eigenvalue weighted by Gasteiger charge is 2.58. The van der Waals surface area contributed by atoms with Crippen molar-refractivity contribution in [3.05, 3.63) is 71.0 Å². The van der Waals surface area contributed by atoms with Gasteiger partial charge in [0.05, 0.1) is 24.4 Å². The van der Waals surface area contributed by atoms with Gasteiger partial charge < -0.3 is 9.64 Å². The number of hydrogen-bond acceptors (Lipinski definition) is 4. The second-order valence-electron chi connectivity index (χ2n) is 8.01. The van der Waals surface area contributed by atoms with Gasteiger partial charge in [-0.25, -0.2) is 4.68 Å². The molecule has 1 saturated carbocycles. The summed E-state index contributed by atoms with van der Waals surface area (Å²) in [6.07, 6.45) is -3.61. The molecule has 0 radical (unpaired) electrons. The fraction of sp³-hybridized carbons (Fsp3) is 0.320. The molecule has 1 aliphatic heterocycles. The average Bonchev–Trinajstić information content (AvgIpc) is 3.49. The number of nitriles is 1. The summed E-state index contributed by atoms with van der Waals surface area (Å²) in [4.78, 5) is 15.0. The van der Waals surface area contributed by atoms with Gasteiger partial charge in [-0.05, 0) is 61.4 Å². The van der Waals surface area contributed by atoms with E-state index in [4.69, 9.17) is 10.00 Å². The first-order valence-electron chi connectivity index (χ1n) is 10.9. The first kappa shape index (κ1) is 23.4. The predicted octanol–water partition coefficient (Wildman–Crippen LogP) is 5.49. The van der Waals surface area contributed by atoms with Gasteiger partial charge in [-0.15, -0.1) is 0 Å². The number of halogens is 3. The van der Waals surface area contributed by atoms with E-state index in [0.717, 1.165) is 4.68 Å². The van der Waals surface area contributed by atoms with E-state index in [1.807, 2.05) is 19.9 Å². The third-order valence-corrected chi connectivity index (χ3v) is 6.07. The SMILES string of the molecule is CC.COc1ccc(-n2nc(C(F)(F)F)c3c2C(=O)N(c2ccc(C#N)cc2)CC32CC2)cc1. The molecule has 5 rings (SSSR count). The number of hydrogen-bond donors (Lipinski definition) is 0. The maximum atomic E-state index is 14.0. The van der Waals surface area contributed by atoms with Crippen LogP contribution in [0.2, 0.25) is 0 Å². The van der Waals surface area contributed by atoms with Crippen LogP contribution in [-0.2, 0) is 11.6 Å². The summed E-state index contributed by atoms with van der Waals surface area (Å²) < 4.78 is 48.1. The third-order valence-electron chi connectivity index (χ3n) is 6.07. The smallest absolute Gasteiger partial charge is 0.435 e. The Kier molecular flexibility index (Phi) is 5.86. The van der Waals surface area contributed by atoms with Gasteiger partial charge in [0, 0.05) is 23.2 Å². The molecule has 2 heterocycles. The zero-order valence-corrected chi connectivity index (χ0v) is 19.0. The highest BCUT2D eigenvalue weighted by Crippen LogP contribution is 2.56.